The Labute approximate surface area is 74.8 Å². The second-order valence-corrected chi connectivity index (χ2v) is 3.35. The van der Waals surface area contributed by atoms with Gasteiger partial charge in [-0.05, 0) is 35.9 Å². The molecule has 2 nitrogen and oxygen atoms in total. The highest BCUT2D eigenvalue weighted by molar-refractivity contribution is 14.1. The first-order valence-electron chi connectivity index (χ1n) is 3.34. The van der Waals surface area contributed by atoms with Gasteiger partial charge in [-0.15, -0.1) is 0 Å². The Morgan fingerprint density at radius 2 is 2.20 bits per heavy atom. The fourth-order valence-corrected chi connectivity index (χ4v) is 1.96. The maximum absolute atomic E-state index is 4.29. The number of hydrogen-bond acceptors (Lipinski definition) is 1. The molecule has 1 aromatic heterocycles. The van der Waals surface area contributed by atoms with E-state index in [0.717, 1.165) is 12.1 Å². The summed E-state index contributed by atoms with van der Waals surface area (Å²) in [5, 5.41) is 4.29. The highest BCUT2D eigenvalue weighted by atomic mass is 127. The molecule has 0 unspecified atom stereocenters. The Morgan fingerprint density at radius 1 is 1.60 bits per heavy atom. The van der Waals surface area contributed by atoms with Crippen LogP contribution in [0.25, 0.3) is 0 Å². The lowest BCUT2D eigenvalue weighted by Gasteiger charge is -1.92. The number of hydrogen-bond donors (Lipinski definition) is 0. The zero-order valence-electron chi connectivity index (χ0n) is 6.48. The highest BCUT2D eigenvalue weighted by Gasteiger charge is 2.06. The molecule has 56 valence electrons. The van der Waals surface area contributed by atoms with Crippen LogP contribution in [0.1, 0.15) is 18.2 Å². The number of rotatable bonds is 1. The van der Waals surface area contributed by atoms with Crippen LogP contribution in [0.15, 0.2) is 0 Å². The third-order valence-corrected chi connectivity index (χ3v) is 2.97. The van der Waals surface area contributed by atoms with Crippen LogP contribution >= 0.6 is 22.6 Å². The predicted molar refractivity (Wildman–Crippen MR) is 50.0 cm³/mol. The zero-order valence-corrected chi connectivity index (χ0v) is 8.64. The summed E-state index contributed by atoms with van der Waals surface area (Å²) in [6.07, 6.45) is 1.08. The monoisotopic (exact) mass is 250 g/mol. The molecule has 0 aliphatic rings. The van der Waals surface area contributed by atoms with E-state index < -0.39 is 0 Å². The smallest absolute Gasteiger partial charge is 0.102 e. The molecular weight excluding hydrogens is 239 g/mol. The summed E-state index contributed by atoms with van der Waals surface area (Å²) in [5.41, 5.74) is 2.54. The minimum atomic E-state index is 1.08. The van der Waals surface area contributed by atoms with E-state index in [0.29, 0.717) is 0 Å². The third kappa shape index (κ3) is 1.19. The lowest BCUT2D eigenvalue weighted by atomic mass is 10.2. The summed E-state index contributed by atoms with van der Waals surface area (Å²) in [6.45, 7) is 4.22. The van der Waals surface area contributed by atoms with Gasteiger partial charge in [0.15, 0.2) is 0 Å². The average Bonchev–Trinajstić information content (AvgIpc) is 2.09. The van der Waals surface area contributed by atoms with Crippen LogP contribution in [-0.4, -0.2) is 9.78 Å². The molecule has 10 heavy (non-hydrogen) atoms. The van der Waals surface area contributed by atoms with Crippen LogP contribution in [0.5, 0.6) is 0 Å². The Bertz CT molecular complexity index is 240. The first kappa shape index (κ1) is 8.04. The van der Waals surface area contributed by atoms with Gasteiger partial charge in [-0.3, -0.25) is 4.68 Å². The van der Waals surface area contributed by atoms with E-state index in [1.165, 1.54) is 9.26 Å². The van der Waals surface area contributed by atoms with E-state index in [1.54, 1.807) is 0 Å². The van der Waals surface area contributed by atoms with E-state index >= 15 is 0 Å². The number of aromatic nitrogens is 2. The molecule has 0 radical (unpaired) electrons. The van der Waals surface area contributed by atoms with Gasteiger partial charge < -0.3 is 0 Å². The van der Waals surface area contributed by atoms with Crippen molar-refractivity contribution >= 4 is 22.6 Å². The minimum Gasteiger partial charge on any atom is -0.262 e. The summed E-state index contributed by atoms with van der Waals surface area (Å²) in [6, 6.07) is 0. The van der Waals surface area contributed by atoms with Crippen LogP contribution < -0.4 is 0 Å². The summed E-state index contributed by atoms with van der Waals surface area (Å²) in [7, 11) is 1.98. The van der Waals surface area contributed by atoms with Crippen molar-refractivity contribution in [2.75, 3.05) is 0 Å². The lowest BCUT2D eigenvalue weighted by Crippen LogP contribution is -1.92. The molecule has 0 bridgehead atoms. The van der Waals surface area contributed by atoms with Gasteiger partial charge >= 0.3 is 0 Å². The van der Waals surface area contributed by atoms with Crippen LogP contribution in [0, 0.1) is 10.6 Å². The quantitative estimate of drug-likeness (QED) is 0.696. The Morgan fingerprint density at radius 3 is 2.40 bits per heavy atom. The summed E-state index contributed by atoms with van der Waals surface area (Å²) in [4.78, 5) is 0. The molecule has 0 spiro atoms. The fraction of sp³-hybridized carbons (Fsp3) is 0.571. The molecule has 1 rings (SSSR count). The van der Waals surface area contributed by atoms with Gasteiger partial charge in [-0.25, -0.2) is 0 Å². The Kier molecular flexibility index (Phi) is 2.33. The molecule has 1 heterocycles. The van der Waals surface area contributed by atoms with Crippen LogP contribution in [0.3, 0.4) is 0 Å². The number of aryl methyl sites for hydroxylation is 2. The van der Waals surface area contributed by atoms with Crippen molar-refractivity contribution in [1.82, 2.24) is 9.78 Å². The number of halogens is 1. The van der Waals surface area contributed by atoms with Crippen LogP contribution in [0.2, 0.25) is 0 Å². The van der Waals surface area contributed by atoms with Gasteiger partial charge in [0.1, 0.15) is 3.70 Å². The van der Waals surface area contributed by atoms with E-state index in [4.69, 9.17) is 0 Å². The van der Waals surface area contributed by atoms with Gasteiger partial charge in [0, 0.05) is 12.6 Å². The molecule has 0 aliphatic carbocycles. The summed E-state index contributed by atoms with van der Waals surface area (Å²) < 4.78 is 3.19. The predicted octanol–water partition coefficient (Wildman–Crippen LogP) is 1.90. The Hall–Kier alpha value is -0.0600. The van der Waals surface area contributed by atoms with E-state index in [2.05, 4.69) is 41.5 Å². The standard InChI is InChI=1S/C7H11IN2/c1-4-6-5(2)9-10(3)7(6)8/h4H2,1-3H3. The van der Waals surface area contributed by atoms with Gasteiger partial charge in [0.25, 0.3) is 0 Å². The van der Waals surface area contributed by atoms with Crippen LogP contribution in [-0.2, 0) is 13.5 Å². The molecule has 0 aromatic carbocycles. The first-order valence-corrected chi connectivity index (χ1v) is 4.42. The fourth-order valence-electron chi connectivity index (χ4n) is 1.08. The molecule has 0 atom stereocenters. The molecule has 0 saturated heterocycles. The molecule has 0 saturated carbocycles. The van der Waals surface area contributed by atoms with Gasteiger partial charge in [-0.1, -0.05) is 6.92 Å². The van der Waals surface area contributed by atoms with Crippen molar-refractivity contribution in [2.24, 2.45) is 7.05 Å². The third-order valence-electron chi connectivity index (χ3n) is 1.62. The minimum absolute atomic E-state index is 1.08. The number of nitrogens with zero attached hydrogens (tertiary/aromatic N) is 2. The van der Waals surface area contributed by atoms with E-state index in [1.807, 2.05) is 11.7 Å². The summed E-state index contributed by atoms with van der Waals surface area (Å²) in [5.74, 6) is 0. The van der Waals surface area contributed by atoms with E-state index in [9.17, 15) is 0 Å². The summed E-state index contributed by atoms with van der Waals surface area (Å²) >= 11 is 2.33. The van der Waals surface area contributed by atoms with Crippen molar-refractivity contribution < 1.29 is 0 Å². The van der Waals surface area contributed by atoms with E-state index in [-0.39, 0.29) is 0 Å². The van der Waals surface area contributed by atoms with Crippen molar-refractivity contribution in [1.29, 1.82) is 0 Å². The molecule has 3 heteroatoms. The molecule has 0 amide bonds. The molecule has 0 N–H and O–H groups in total. The van der Waals surface area contributed by atoms with Crippen molar-refractivity contribution in [2.45, 2.75) is 20.3 Å². The lowest BCUT2D eigenvalue weighted by molar-refractivity contribution is 0.737. The van der Waals surface area contributed by atoms with Crippen LogP contribution in [0.4, 0.5) is 0 Å². The van der Waals surface area contributed by atoms with Gasteiger partial charge in [-0.2, -0.15) is 5.10 Å². The average molecular weight is 250 g/mol. The zero-order chi connectivity index (χ0) is 7.72. The Balaban J connectivity index is 3.20. The SMILES string of the molecule is CCc1c(C)nn(C)c1I. The largest absolute Gasteiger partial charge is 0.262 e. The van der Waals surface area contributed by atoms with Gasteiger partial charge in [0.2, 0.25) is 0 Å². The molecule has 0 fully saturated rings. The molecule has 1 aromatic rings. The van der Waals surface area contributed by atoms with Gasteiger partial charge in [0.05, 0.1) is 5.69 Å². The van der Waals surface area contributed by atoms with Crippen molar-refractivity contribution in [3.8, 4) is 0 Å². The normalized spacial score (nSPS) is 10.4. The maximum Gasteiger partial charge on any atom is 0.102 e. The van der Waals surface area contributed by atoms with Crippen molar-refractivity contribution in [3.63, 3.8) is 0 Å². The topological polar surface area (TPSA) is 17.8 Å². The second kappa shape index (κ2) is 2.90. The molecular formula is C7H11IN2. The first-order chi connectivity index (χ1) is 4.66. The molecule has 0 aliphatic heterocycles. The van der Waals surface area contributed by atoms with Crippen molar-refractivity contribution in [3.05, 3.63) is 15.0 Å². The maximum atomic E-state index is 4.29. The highest BCUT2D eigenvalue weighted by Crippen LogP contribution is 2.14. The second-order valence-electron chi connectivity index (χ2n) is 2.33.